The number of amides is 1. The number of aromatic amines is 1. The molecule has 1 aromatic heterocycles. The molecule has 3 aromatic rings. The molecule has 1 aliphatic carbocycles. The molecule has 0 spiro atoms. The lowest BCUT2D eigenvalue weighted by molar-refractivity contribution is -0.121. The molecule has 0 bridgehead atoms. The van der Waals surface area contributed by atoms with E-state index in [2.05, 4.69) is 44.5 Å². The van der Waals surface area contributed by atoms with E-state index in [0.29, 0.717) is 6.42 Å². The van der Waals surface area contributed by atoms with Gasteiger partial charge < -0.3 is 19.7 Å². The van der Waals surface area contributed by atoms with Crippen LogP contribution < -0.4 is 10.1 Å². The minimum absolute atomic E-state index is 0.0472. The van der Waals surface area contributed by atoms with Gasteiger partial charge in [-0.15, -0.1) is 0 Å². The predicted molar refractivity (Wildman–Crippen MR) is 154 cm³/mol. The summed E-state index contributed by atoms with van der Waals surface area (Å²) in [5.41, 5.74) is 3.61. The Balaban J connectivity index is 1.15. The molecule has 39 heavy (non-hydrogen) atoms. The number of hydrogen-bond acceptors (Lipinski definition) is 6. The van der Waals surface area contributed by atoms with Crippen molar-refractivity contribution in [3.8, 4) is 17.0 Å². The van der Waals surface area contributed by atoms with Crippen molar-refractivity contribution in [2.45, 2.75) is 63.0 Å². The van der Waals surface area contributed by atoms with Gasteiger partial charge in [0.05, 0.1) is 24.4 Å². The van der Waals surface area contributed by atoms with Crippen molar-refractivity contribution < 1.29 is 14.3 Å². The number of morpholine rings is 1. The number of ether oxygens (including phenoxy) is 2. The number of carbonyl (C=O) groups is 1. The smallest absolute Gasteiger partial charge is 0.226 e. The van der Waals surface area contributed by atoms with E-state index >= 15 is 0 Å². The van der Waals surface area contributed by atoms with Gasteiger partial charge in [0.2, 0.25) is 5.91 Å². The lowest BCUT2D eigenvalue weighted by Crippen LogP contribution is -2.55. The molecule has 1 saturated carbocycles. The Bertz CT molecular complexity index is 1250. The molecule has 2 aliphatic heterocycles. The van der Waals surface area contributed by atoms with Gasteiger partial charge in [-0.1, -0.05) is 19.3 Å². The van der Waals surface area contributed by atoms with Gasteiger partial charge in [-0.25, -0.2) is 0 Å². The van der Waals surface area contributed by atoms with E-state index in [0.717, 1.165) is 98.7 Å². The maximum absolute atomic E-state index is 13.4. The first-order chi connectivity index (χ1) is 19.1. The first-order valence-electron chi connectivity index (χ1n) is 14.6. The first-order valence-corrected chi connectivity index (χ1v) is 14.6. The Morgan fingerprint density at radius 3 is 2.54 bits per heavy atom. The molecule has 0 atom stereocenters. The second-order valence-corrected chi connectivity index (χ2v) is 11.6. The van der Waals surface area contributed by atoms with Crippen LogP contribution in [0.3, 0.4) is 0 Å². The number of hydrogen-bond donors (Lipinski definition) is 2. The molecule has 0 unspecified atom stereocenters. The summed E-state index contributed by atoms with van der Waals surface area (Å²) in [6, 6.07) is 14.2. The van der Waals surface area contributed by atoms with Gasteiger partial charge in [-0.05, 0) is 75.2 Å². The average Bonchev–Trinajstić information content (AvgIpc) is 3.39. The number of fused-ring (bicyclic) bond motifs is 1. The standard InChI is InChI=1S/C31H41N5O3/c1-35-15-11-26(12-16-35)39-25-8-5-23(6-9-25)30-27-21-24(7-10-28(27)33-34-30)32-29(37)22-31(13-3-2-4-14-31)36-17-19-38-20-18-36/h5-10,21,26H,2-4,11-20,22H2,1H3,(H,32,37)(H,33,34). The second kappa shape index (κ2) is 11.7. The van der Waals surface area contributed by atoms with Crippen molar-refractivity contribution in [2.24, 2.45) is 0 Å². The lowest BCUT2D eigenvalue weighted by atomic mass is 9.77. The largest absolute Gasteiger partial charge is 0.490 e. The molecular weight excluding hydrogens is 490 g/mol. The van der Waals surface area contributed by atoms with Crippen molar-refractivity contribution in [3.05, 3.63) is 42.5 Å². The van der Waals surface area contributed by atoms with Gasteiger partial charge in [0.15, 0.2) is 0 Å². The maximum Gasteiger partial charge on any atom is 0.226 e. The van der Waals surface area contributed by atoms with Crippen molar-refractivity contribution in [3.63, 3.8) is 0 Å². The fourth-order valence-corrected chi connectivity index (χ4v) is 6.65. The van der Waals surface area contributed by atoms with Gasteiger partial charge in [-0.3, -0.25) is 14.8 Å². The fourth-order valence-electron chi connectivity index (χ4n) is 6.65. The molecule has 3 aliphatic rings. The zero-order chi connectivity index (χ0) is 26.7. The van der Waals surface area contributed by atoms with Gasteiger partial charge in [0.1, 0.15) is 11.9 Å². The van der Waals surface area contributed by atoms with Crippen LogP contribution in [0.4, 0.5) is 5.69 Å². The van der Waals surface area contributed by atoms with Crippen LogP contribution in [0, 0.1) is 0 Å². The van der Waals surface area contributed by atoms with E-state index in [1.807, 2.05) is 30.3 Å². The van der Waals surface area contributed by atoms with Crippen molar-refractivity contribution in [1.29, 1.82) is 0 Å². The van der Waals surface area contributed by atoms with Crippen LogP contribution in [-0.2, 0) is 9.53 Å². The molecule has 2 saturated heterocycles. The number of likely N-dealkylation sites (tertiary alicyclic amines) is 1. The highest BCUT2D eigenvalue weighted by Gasteiger charge is 2.40. The van der Waals surface area contributed by atoms with E-state index in [1.165, 1.54) is 19.3 Å². The van der Waals surface area contributed by atoms with E-state index < -0.39 is 0 Å². The Hall–Kier alpha value is -2.94. The number of aromatic nitrogens is 2. The van der Waals surface area contributed by atoms with E-state index in [-0.39, 0.29) is 17.6 Å². The summed E-state index contributed by atoms with van der Waals surface area (Å²) in [5.74, 6) is 0.987. The highest BCUT2D eigenvalue weighted by atomic mass is 16.5. The summed E-state index contributed by atoms with van der Waals surface area (Å²) in [5, 5.41) is 12.0. The molecule has 2 aromatic carbocycles. The molecular formula is C31H41N5O3. The first kappa shape index (κ1) is 26.3. The minimum atomic E-state index is -0.0472. The van der Waals surface area contributed by atoms with Crippen LogP contribution in [0.15, 0.2) is 42.5 Å². The average molecular weight is 532 g/mol. The van der Waals surface area contributed by atoms with E-state index in [4.69, 9.17) is 9.47 Å². The Kier molecular flexibility index (Phi) is 7.86. The molecule has 2 N–H and O–H groups in total. The van der Waals surface area contributed by atoms with Crippen molar-refractivity contribution in [2.75, 3.05) is 51.8 Å². The van der Waals surface area contributed by atoms with Crippen molar-refractivity contribution in [1.82, 2.24) is 20.0 Å². The maximum atomic E-state index is 13.4. The number of nitrogens with one attached hydrogen (secondary N) is 2. The minimum Gasteiger partial charge on any atom is -0.490 e. The number of benzene rings is 2. The van der Waals surface area contributed by atoms with Gasteiger partial charge in [0, 0.05) is 54.8 Å². The third kappa shape index (κ3) is 5.98. The highest BCUT2D eigenvalue weighted by Crippen LogP contribution is 2.38. The third-order valence-corrected chi connectivity index (χ3v) is 8.90. The molecule has 3 fully saturated rings. The summed E-state index contributed by atoms with van der Waals surface area (Å²) in [6.45, 7) is 5.51. The molecule has 3 heterocycles. The van der Waals surface area contributed by atoms with Gasteiger partial charge in [0.25, 0.3) is 0 Å². The van der Waals surface area contributed by atoms with E-state index in [9.17, 15) is 4.79 Å². The summed E-state index contributed by atoms with van der Waals surface area (Å²) in [7, 11) is 2.16. The molecule has 6 rings (SSSR count). The van der Waals surface area contributed by atoms with Crippen molar-refractivity contribution >= 4 is 22.5 Å². The van der Waals surface area contributed by atoms with E-state index in [1.54, 1.807) is 0 Å². The predicted octanol–water partition coefficient (Wildman–Crippen LogP) is 5.07. The summed E-state index contributed by atoms with van der Waals surface area (Å²) in [6.07, 6.45) is 8.75. The molecule has 0 radical (unpaired) electrons. The number of carbonyl (C=O) groups excluding carboxylic acids is 1. The molecule has 1 amide bonds. The zero-order valence-corrected chi connectivity index (χ0v) is 23.1. The number of H-pyrrole nitrogens is 1. The monoisotopic (exact) mass is 531 g/mol. The zero-order valence-electron chi connectivity index (χ0n) is 23.1. The molecule has 8 nitrogen and oxygen atoms in total. The molecule has 8 heteroatoms. The molecule has 208 valence electrons. The summed E-state index contributed by atoms with van der Waals surface area (Å²) >= 11 is 0. The topological polar surface area (TPSA) is 82.7 Å². The Morgan fingerprint density at radius 1 is 1.05 bits per heavy atom. The van der Waals surface area contributed by atoms with Crippen LogP contribution in [0.2, 0.25) is 0 Å². The fraction of sp³-hybridized carbons (Fsp3) is 0.548. The second-order valence-electron chi connectivity index (χ2n) is 11.6. The normalized spacial score (nSPS) is 21.2. The summed E-state index contributed by atoms with van der Waals surface area (Å²) < 4.78 is 11.8. The van der Waals surface area contributed by atoms with Crippen LogP contribution in [0.25, 0.3) is 22.2 Å². The summed E-state index contributed by atoms with van der Waals surface area (Å²) in [4.78, 5) is 18.2. The number of rotatable bonds is 7. The number of nitrogens with zero attached hydrogens (tertiary/aromatic N) is 3. The van der Waals surface area contributed by atoms with Crippen LogP contribution >= 0.6 is 0 Å². The quantitative estimate of drug-likeness (QED) is 0.443. The third-order valence-electron chi connectivity index (χ3n) is 8.90. The van der Waals surface area contributed by atoms with Gasteiger partial charge in [-0.2, -0.15) is 5.10 Å². The number of anilines is 1. The lowest BCUT2D eigenvalue weighted by Gasteiger charge is -2.47. The highest BCUT2D eigenvalue weighted by molar-refractivity contribution is 5.98. The Morgan fingerprint density at radius 2 is 1.79 bits per heavy atom. The number of piperidine rings is 1. The SMILES string of the molecule is CN1CCC(Oc2ccc(-c3n[nH]c4ccc(NC(=O)CC5(N6CCOCC6)CCCCC5)cc34)cc2)CC1. The van der Waals surface area contributed by atoms with Crippen LogP contribution in [0.5, 0.6) is 5.75 Å². The Labute approximate surface area is 231 Å². The van der Waals surface area contributed by atoms with Crippen LogP contribution in [0.1, 0.15) is 51.4 Å². The van der Waals surface area contributed by atoms with Crippen LogP contribution in [-0.4, -0.2) is 84.0 Å². The van der Waals surface area contributed by atoms with Gasteiger partial charge >= 0.3 is 0 Å².